The molecule has 102 valence electrons. The van der Waals surface area contributed by atoms with Crippen LogP contribution in [0.2, 0.25) is 0 Å². The maximum Gasteiger partial charge on any atom is 0.343 e. The fourth-order valence-electron chi connectivity index (χ4n) is 1.52. The molecule has 0 heterocycles. The molecule has 21 heavy (non-hydrogen) atoms. The molecule has 2 rings (SSSR count). The van der Waals surface area contributed by atoms with Crippen LogP contribution in [0.15, 0.2) is 53.5 Å². The van der Waals surface area contributed by atoms with Crippen LogP contribution in [0.1, 0.15) is 10.4 Å². The van der Waals surface area contributed by atoms with Crippen LogP contribution in [-0.4, -0.2) is 12.0 Å². The van der Waals surface area contributed by atoms with E-state index >= 15 is 0 Å². The Morgan fingerprint density at radius 2 is 1.62 bits per heavy atom. The van der Waals surface area contributed by atoms with Gasteiger partial charge < -0.3 is 9.47 Å². The Labute approximate surface area is 119 Å². The minimum Gasteiger partial charge on any atom is -0.423 e. The molecule has 0 amide bonds. The summed E-state index contributed by atoms with van der Waals surface area (Å²) in [6.07, 6.45) is 2.95. The molecule has 2 aromatic rings. The van der Waals surface area contributed by atoms with Gasteiger partial charge in [-0.3, -0.25) is 0 Å². The lowest BCUT2D eigenvalue weighted by Gasteiger charge is -2.04. The van der Waals surface area contributed by atoms with Gasteiger partial charge in [-0.25, -0.2) is 9.59 Å². The summed E-state index contributed by atoms with van der Waals surface area (Å²) < 4.78 is 9.76. The lowest BCUT2D eigenvalue weighted by molar-refractivity contribution is 0.0734. The Balaban J connectivity index is 2.06. The Morgan fingerprint density at radius 1 is 1.00 bits per heavy atom. The number of hydrogen-bond acceptors (Lipinski definition) is 6. The molecule has 0 aromatic heterocycles. The Bertz CT molecular complexity index is 724. The van der Waals surface area contributed by atoms with Crippen molar-refractivity contribution >= 4 is 17.7 Å². The number of nitriles is 1. The van der Waals surface area contributed by atoms with Crippen LogP contribution in [0.4, 0.5) is 5.69 Å². The van der Waals surface area contributed by atoms with E-state index in [1.54, 1.807) is 6.26 Å². The molecule has 0 fully saturated rings. The summed E-state index contributed by atoms with van der Waals surface area (Å²) in [6.45, 7) is 0. The highest BCUT2D eigenvalue weighted by Gasteiger charge is 2.08. The highest BCUT2D eigenvalue weighted by atomic mass is 16.5. The standard InChI is InChI=1S/C15H8N2O4/c16-9-20-13-5-7-14(8-6-13)21-15(19)11-1-3-12(4-2-11)17-10-18/h1-8H. The van der Waals surface area contributed by atoms with E-state index < -0.39 is 5.97 Å². The van der Waals surface area contributed by atoms with Crippen molar-refractivity contribution in [3.05, 3.63) is 54.1 Å². The topological polar surface area (TPSA) is 88.8 Å². The molecule has 0 aliphatic heterocycles. The maximum absolute atomic E-state index is 11.9. The fraction of sp³-hybridized carbons (Fsp3) is 0. The lowest BCUT2D eigenvalue weighted by atomic mass is 10.2. The first-order chi connectivity index (χ1) is 10.2. The third-order valence-corrected chi connectivity index (χ3v) is 2.48. The zero-order valence-corrected chi connectivity index (χ0v) is 10.6. The third-order valence-electron chi connectivity index (χ3n) is 2.48. The van der Waals surface area contributed by atoms with Crippen LogP contribution < -0.4 is 9.47 Å². The van der Waals surface area contributed by atoms with Crippen molar-refractivity contribution in [1.82, 2.24) is 0 Å². The molecule has 6 nitrogen and oxygen atoms in total. The minimum absolute atomic E-state index is 0.317. The van der Waals surface area contributed by atoms with Gasteiger partial charge in [0, 0.05) is 0 Å². The smallest absolute Gasteiger partial charge is 0.343 e. The number of aliphatic imine (C=N–C) groups is 1. The summed E-state index contributed by atoms with van der Waals surface area (Å²) >= 11 is 0. The average molecular weight is 280 g/mol. The van der Waals surface area contributed by atoms with Gasteiger partial charge in [-0.1, -0.05) is 0 Å². The summed E-state index contributed by atoms with van der Waals surface area (Å²) in [5.41, 5.74) is 0.719. The maximum atomic E-state index is 11.9. The summed E-state index contributed by atoms with van der Waals surface area (Å²) in [7, 11) is 0. The highest BCUT2D eigenvalue weighted by Crippen LogP contribution is 2.19. The summed E-state index contributed by atoms with van der Waals surface area (Å²) in [6, 6.07) is 12.0. The number of benzene rings is 2. The molecule has 0 unspecified atom stereocenters. The van der Waals surface area contributed by atoms with Crippen molar-refractivity contribution in [1.29, 1.82) is 5.26 Å². The first kappa shape index (κ1) is 14.0. The average Bonchev–Trinajstić information content (AvgIpc) is 2.50. The van der Waals surface area contributed by atoms with Gasteiger partial charge in [0.1, 0.15) is 11.5 Å². The summed E-state index contributed by atoms with van der Waals surface area (Å²) in [5, 5.41) is 8.35. The molecule has 0 radical (unpaired) electrons. The number of esters is 1. The van der Waals surface area contributed by atoms with E-state index in [0.717, 1.165) is 0 Å². The Kier molecular flexibility index (Phi) is 4.44. The van der Waals surface area contributed by atoms with E-state index in [2.05, 4.69) is 9.73 Å². The molecule has 0 aliphatic rings. The van der Waals surface area contributed by atoms with Crippen LogP contribution in [0.25, 0.3) is 0 Å². The number of hydrogen-bond donors (Lipinski definition) is 0. The first-order valence-corrected chi connectivity index (χ1v) is 5.79. The molecule has 0 bridgehead atoms. The summed E-state index contributed by atoms with van der Waals surface area (Å²) in [4.78, 5) is 25.4. The SMILES string of the molecule is N#COc1ccc(OC(=O)c2ccc(N=C=O)cc2)cc1. The van der Waals surface area contributed by atoms with E-state index in [4.69, 9.17) is 10.00 Å². The molecule has 0 atom stereocenters. The molecular formula is C15H8N2O4. The number of isocyanates is 1. The van der Waals surface area contributed by atoms with E-state index in [9.17, 15) is 9.59 Å². The van der Waals surface area contributed by atoms with Crippen LogP contribution in [0.5, 0.6) is 11.5 Å². The lowest BCUT2D eigenvalue weighted by Crippen LogP contribution is -2.07. The second-order valence-corrected chi connectivity index (χ2v) is 3.80. The van der Waals surface area contributed by atoms with Crippen LogP contribution in [0, 0.1) is 11.5 Å². The quantitative estimate of drug-likeness (QED) is 0.282. The van der Waals surface area contributed by atoms with Gasteiger partial charge in [0.25, 0.3) is 6.26 Å². The van der Waals surface area contributed by atoms with Gasteiger partial charge in [-0.2, -0.15) is 4.99 Å². The van der Waals surface area contributed by atoms with E-state index in [0.29, 0.717) is 22.7 Å². The van der Waals surface area contributed by atoms with Gasteiger partial charge in [-0.15, -0.1) is 5.26 Å². The fourth-order valence-corrected chi connectivity index (χ4v) is 1.52. The van der Waals surface area contributed by atoms with Crippen LogP contribution in [-0.2, 0) is 4.79 Å². The monoisotopic (exact) mass is 280 g/mol. The summed E-state index contributed by atoms with van der Waals surface area (Å²) in [5.74, 6) is 0.124. The highest BCUT2D eigenvalue weighted by molar-refractivity contribution is 5.91. The second-order valence-electron chi connectivity index (χ2n) is 3.80. The van der Waals surface area contributed by atoms with Gasteiger partial charge in [0.05, 0.1) is 11.3 Å². The molecule has 0 saturated heterocycles. The van der Waals surface area contributed by atoms with Crippen molar-refractivity contribution < 1.29 is 19.1 Å². The Morgan fingerprint density at radius 3 is 2.19 bits per heavy atom. The number of carbonyl (C=O) groups is 1. The number of rotatable bonds is 4. The molecule has 6 heteroatoms. The molecule has 0 spiro atoms. The van der Waals surface area contributed by atoms with Crippen LogP contribution in [0.3, 0.4) is 0 Å². The number of nitrogens with zero attached hydrogens (tertiary/aromatic N) is 2. The molecule has 0 aliphatic carbocycles. The van der Waals surface area contributed by atoms with Gasteiger partial charge >= 0.3 is 5.97 Å². The van der Waals surface area contributed by atoms with Crippen LogP contribution >= 0.6 is 0 Å². The number of ether oxygens (including phenoxy) is 2. The molecule has 0 N–H and O–H groups in total. The van der Waals surface area contributed by atoms with E-state index in [-0.39, 0.29) is 0 Å². The predicted octanol–water partition coefficient (Wildman–Crippen LogP) is 2.73. The second kappa shape index (κ2) is 6.66. The van der Waals surface area contributed by atoms with E-state index in [1.165, 1.54) is 54.6 Å². The predicted molar refractivity (Wildman–Crippen MR) is 71.9 cm³/mol. The number of carbonyl (C=O) groups excluding carboxylic acids is 2. The largest absolute Gasteiger partial charge is 0.423 e. The Hall–Kier alpha value is -3.42. The van der Waals surface area contributed by atoms with E-state index in [1.807, 2.05) is 0 Å². The molecular weight excluding hydrogens is 272 g/mol. The van der Waals surface area contributed by atoms with Crippen molar-refractivity contribution in [3.63, 3.8) is 0 Å². The zero-order chi connectivity index (χ0) is 15.1. The normalized spacial score (nSPS) is 9.10. The van der Waals surface area contributed by atoms with Crippen molar-refractivity contribution in [3.8, 4) is 17.8 Å². The van der Waals surface area contributed by atoms with Gasteiger partial charge in [0.15, 0.2) is 0 Å². The van der Waals surface area contributed by atoms with Crippen molar-refractivity contribution in [2.24, 2.45) is 4.99 Å². The first-order valence-electron chi connectivity index (χ1n) is 5.79. The van der Waals surface area contributed by atoms with Crippen molar-refractivity contribution in [2.45, 2.75) is 0 Å². The zero-order valence-electron chi connectivity index (χ0n) is 10.6. The van der Waals surface area contributed by atoms with Crippen molar-refractivity contribution in [2.75, 3.05) is 0 Å². The minimum atomic E-state index is -0.550. The molecule has 0 saturated carbocycles. The van der Waals surface area contributed by atoms with Gasteiger partial charge in [-0.05, 0) is 48.5 Å². The van der Waals surface area contributed by atoms with Gasteiger partial charge in [0.2, 0.25) is 6.08 Å². The third kappa shape index (κ3) is 3.77. The molecule has 2 aromatic carbocycles.